The Balaban J connectivity index is 1.25. The van der Waals surface area contributed by atoms with E-state index in [1.807, 2.05) is 42.5 Å². The van der Waals surface area contributed by atoms with Gasteiger partial charge < -0.3 is 10.1 Å². The molecule has 0 aromatic heterocycles. The van der Waals surface area contributed by atoms with E-state index in [1.165, 1.54) is 24.8 Å². The zero-order valence-corrected chi connectivity index (χ0v) is 18.9. The van der Waals surface area contributed by atoms with Crippen LogP contribution in [0.4, 0.5) is 10.5 Å². The first-order chi connectivity index (χ1) is 16.7. The van der Waals surface area contributed by atoms with E-state index in [9.17, 15) is 9.59 Å². The number of piperidine rings is 1. The van der Waals surface area contributed by atoms with Crippen LogP contribution in [0.3, 0.4) is 0 Å². The molecule has 0 radical (unpaired) electrons. The molecule has 3 aromatic carbocycles. The molecular weight excluding hydrogens is 426 g/mol. The van der Waals surface area contributed by atoms with Crippen molar-refractivity contribution in [2.45, 2.75) is 25.8 Å². The van der Waals surface area contributed by atoms with Crippen molar-refractivity contribution in [2.75, 3.05) is 18.0 Å². The van der Waals surface area contributed by atoms with Gasteiger partial charge in [-0.3, -0.25) is 9.69 Å². The third kappa shape index (κ3) is 5.02. The highest BCUT2D eigenvalue weighted by molar-refractivity contribution is 6.28. The summed E-state index contributed by atoms with van der Waals surface area (Å²) in [5, 5.41) is 2.69. The maximum atomic E-state index is 13.0. The summed E-state index contributed by atoms with van der Waals surface area (Å²) in [7, 11) is 0. The molecule has 0 spiro atoms. The summed E-state index contributed by atoms with van der Waals surface area (Å²) < 4.78 is 5.79. The molecule has 6 nitrogen and oxygen atoms in total. The zero-order valence-electron chi connectivity index (χ0n) is 18.9. The number of benzene rings is 3. The second-order valence-corrected chi connectivity index (χ2v) is 8.62. The standard InChI is InChI=1S/C28H27N3O3/c32-27-26(19-21-9-11-22(12-10-21)20-30-17-5-2-6-18-30)29-28(33)31(27)23-13-15-25(16-14-23)34-24-7-3-1-4-8-24/h1,3-4,7-16,19H,2,5-6,17-18,20H2,(H,29,33)/b26-19-. The molecule has 0 unspecified atom stereocenters. The van der Waals surface area contributed by atoms with E-state index in [0.717, 1.165) is 35.8 Å². The number of nitrogens with one attached hydrogen (secondary N) is 1. The van der Waals surface area contributed by atoms with Crippen LogP contribution in [0.25, 0.3) is 6.08 Å². The molecule has 2 fully saturated rings. The van der Waals surface area contributed by atoms with Gasteiger partial charge in [0, 0.05) is 6.54 Å². The number of imide groups is 1. The van der Waals surface area contributed by atoms with Gasteiger partial charge in [-0.15, -0.1) is 0 Å². The summed E-state index contributed by atoms with van der Waals surface area (Å²) >= 11 is 0. The van der Waals surface area contributed by atoms with Crippen LogP contribution < -0.4 is 15.0 Å². The van der Waals surface area contributed by atoms with Gasteiger partial charge in [0.2, 0.25) is 0 Å². The lowest BCUT2D eigenvalue weighted by Gasteiger charge is -2.26. The highest BCUT2D eigenvalue weighted by Crippen LogP contribution is 2.27. The molecule has 0 atom stereocenters. The number of hydrogen-bond donors (Lipinski definition) is 1. The first kappa shape index (κ1) is 21.9. The molecule has 2 aliphatic heterocycles. The summed E-state index contributed by atoms with van der Waals surface area (Å²) in [5.41, 5.74) is 2.88. The predicted octanol–water partition coefficient (Wildman–Crippen LogP) is 5.56. The quantitative estimate of drug-likeness (QED) is 0.392. The van der Waals surface area contributed by atoms with E-state index >= 15 is 0 Å². The van der Waals surface area contributed by atoms with Gasteiger partial charge in [0.25, 0.3) is 5.91 Å². The predicted molar refractivity (Wildman–Crippen MR) is 133 cm³/mol. The van der Waals surface area contributed by atoms with Crippen molar-refractivity contribution < 1.29 is 14.3 Å². The Kier molecular flexibility index (Phi) is 6.40. The van der Waals surface area contributed by atoms with Crippen LogP contribution in [0.15, 0.2) is 84.6 Å². The molecule has 2 heterocycles. The molecule has 5 rings (SSSR count). The largest absolute Gasteiger partial charge is 0.457 e. The van der Waals surface area contributed by atoms with Crippen LogP contribution in [0.5, 0.6) is 11.5 Å². The number of carbonyl (C=O) groups is 2. The van der Waals surface area contributed by atoms with Crippen molar-refractivity contribution in [3.63, 3.8) is 0 Å². The van der Waals surface area contributed by atoms with Crippen LogP contribution in [-0.2, 0) is 11.3 Å². The molecule has 6 heteroatoms. The van der Waals surface area contributed by atoms with Crippen molar-refractivity contribution in [3.8, 4) is 11.5 Å². The topological polar surface area (TPSA) is 61.9 Å². The summed E-state index contributed by atoms with van der Waals surface area (Å²) in [6, 6.07) is 24.0. The monoisotopic (exact) mass is 453 g/mol. The Morgan fingerprint density at radius 1 is 0.794 bits per heavy atom. The molecule has 3 amide bonds. The summed E-state index contributed by atoms with van der Waals surface area (Å²) in [4.78, 5) is 29.1. The van der Waals surface area contributed by atoms with Crippen molar-refractivity contribution in [1.29, 1.82) is 0 Å². The molecule has 2 saturated heterocycles. The minimum Gasteiger partial charge on any atom is -0.457 e. The fourth-order valence-corrected chi connectivity index (χ4v) is 4.32. The molecular formula is C28H27N3O3. The van der Waals surface area contributed by atoms with Gasteiger partial charge in [0.1, 0.15) is 17.2 Å². The van der Waals surface area contributed by atoms with Gasteiger partial charge >= 0.3 is 6.03 Å². The number of ether oxygens (including phenoxy) is 1. The SMILES string of the molecule is O=C1N/C(=C\c2ccc(CN3CCCCC3)cc2)C(=O)N1c1ccc(Oc2ccccc2)cc1. The molecule has 0 aliphatic carbocycles. The minimum atomic E-state index is -0.463. The third-order valence-corrected chi connectivity index (χ3v) is 6.10. The normalized spacial score (nSPS) is 17.8. The summed E-state index contributed by atoms with van der Waals surface area (Å²) in [6.07, 6.45) is 5.58. The van der Waals surface area contributed by atoms with Gasteiger partial charge in [0.15, 0.2) is 0 Å². The van der Waals surface area contributed by atoms with Gasteiger partial charge in [-0.1, -0.05) is 48.9 Å². The van der Waals surface area contributed by atoms with E-state index in [0.29, 0.717) is 11.4 Å². The lowest BCUT2D eigenvalue weighted by molar-refractivity contribution is -0.113. The Labute approximate surface area is 199 Å². The third-order valence-electron chi connectivity index (χ3n) is 6.10. The molecule has 2 aliphatic rings. The fourth-order valence-electron chi connectivity index (χ4n) is 4.32. The van der Waals surface area contributed by atoms with Crippen LogP contribution >= 0.6 is 0 Å². The van der Waals surface area contributed by atoms with Crippen LogP contribution in [0.1, 0.15) is 30.4 Å². The Morgan fingerprint density at radius 2 is 1.47 bits per heavy atom. The number of urea groups is 1. The molecule has 172 valence electrons. The number of hydrogen-bond acceptors (Lipinski definition) is 4. The second-order valence-electron chi connectivity index (χ2n) is 8.62. The first-order valence-electron chi connectivity index (χ1n) is 11.7. The van der Waals surface area contributed by atoms with E-state index in [1.54, 1.807) is 30.3 Å². The van der Waals surface area contributed by atoms with Crippen LogP contribution in [-0.4, -0.2) is 29.9 Å². The maximum absolute atomic E-state index is 13.0. The second kappa shape index (κ2) is 9.93. The molecule has 0 bridgehead atoms. The number of nitrogens with zero attached hydrogens (tertiary/aromatic N) is 2. The number of carbonyl (C=O) groups excluding carboxylic acids is 2. The Hall–Kier alpha value is -3.90. The Bertz CT molecular complexity index is 1180. The highest BCUT2D eigenvalue weighted by atomic mass is 16.5. The number of anilines is 1. The average molecular weight is 454 g/mol. The number of likely N-dealkylation sites (tertiary alicyclic amines) is 1. The molecule has 0 saturated carbocycles. The van der Waals surface area contributed by atoms with Gasteiger partial charge in [-0.2, -0.15) is 0 Å². The minimum absolute atomic E-state index is 0.262. The zero-order chi connectivity index (χ0) is 23.3. The summed E-state index contributed by atoms with van der Waals surface area (Å²) in [6.45, 7) is 3.26. The summed E-state index contributed by atoms with van der Waals surface area (Å²) in [5.74, 6) is 0.971. The lowest BCUT2D eigenvalue weighted by Crippen LogP contribution is -2.30. The number of para-hydroxylation sites is 1. The molecule has 34 heavy (non-hydrogen) atoms. The van der Waals surface area contributed by atoms with Crippen LogP contribution in [0.2, 0.25) is 0 Å². The lowest BCUT2D eigenvalue weighted by atomic mass is 10.1. The van der Waals surface area contributed by atoms with Crippen molar-refractivity contribution in [3.05, 3.63) is 95.7 Å². The van der Waals surface area contributed by atoms with E-state index < -0.39 is 6.03 Å². The molecule has 3 aromatic rings. The van der Waals surface area contributed by atoms with Gasteiger partial charge in [-0.25, -0.2) is 9.69 Å². The van der Waals surface area contributed by atoms with E-state index in [4.69, 9.17) is 4.74 Å². The molecule has 1 N–H and O–H groups in total. The fraction of sp³-hybridized carbons (Fsp3) is 0.214. The smallest absolute Gasteiger partial charge is 0.333 e. The first-order valence-corrected chi connectivity index (χ1v) is 11.7. The number of rotatable bonds is 6. The van der Waals surface area contributed by atoms with Crippen molar-refractivity contribution >= 4 is 23.7 Å². The maximum Gasteiger partial charge on any atom is 0.333 e. The van der Waals surface area contributed by atoms with Crippen LogP contribution in [0, 0.1) is 0 Å². The van der Waals surface area contributed by atoms with E-state index in [2.05, 4.69) is 22.3 Å². The van der Waals surface area contributed by atoms with Crippen molar-refractivity contribution in [2.24, 2.45) is 0 Å². The van der Waals surface area contributed by atoms with E-state index in [-0.39, 0.29) is 11.6 Å². The van der Waals surface area contributed by atoms with Gasteiger partial charge in [-0.05, 0) is 79.5 Å². The Morgan fingerprint density at radius 3 is 2.18 bits per heavy atom. The van der Waals surface area contributed by atoms with Crippen molar-refractivity contribution in [1.82, 2.24) is 10.2 Å². The highest BCUT2D eigenvalue weighted by Gasteiger charge is 2.34. The van der Waals surface area contributed by atoms with Gasteiger partial charge in [0.05, 0.1) is 5.69 Å². The number of amides is 3. The average Bonchev–Trinajstić information content (AvgIpc) is 3.15.